The molecule has 29 nitrogen and oxygen atoms in total. The predicted octanol–water partition coefficient (Wildman–Crippen LogP) is 17.3. The Bertz CT molecular complexity index is 3240. The number of carbonyl (C=O) groups is 7. The van der Waals surface area contributed by atoms with Crippen LogP contribution in [0.2, 0.25) is 0 Å². The Balaban J connectivity index is -0.000000713. The van der Waals surface area contributed by atoms with Crippen molar-refractivity contribution in [3.63, 3.8) is 0 Å². The Hall–Kier alpha value is -4.75. The number of ether oxygens (including phenoxy) is 7. The van der Waals surface area contributed by atoms with Crippen molar-refractivity contribution in [3.8, 4) is 17.2 Å². The van der Waals surface area contributed by atoms with Crippen molar-refractivity contribution in [2.75, 3.05) is 98.8 Å². The summed E-state index contributed by atoms with van der Waals surface area (Å²) in [7, 11) is 10.3. The minimum Gasteiger partial charge on any atom is -0.508 e. The van der Waals surface area contributed by atoms with Gasteiger partial charge in [-0.1, -0.05) is 54.6 Å². The van der Waals surface area contributed by atoms with Gasteiger partial charge < -0.3 is 83.3 Å². The second kappa shape index (κ2) is 57.4. The molecule has 0 aliphatic heterocycles. The molecule has 113 heavy (non-hydrogen) atoms. The molecule has 3 aromatic rings. The summed E-state index contributed by atoms with van der Waals surface area (Å²) >= 11 is 20.4. The SMILES string of the molecule is CC(C)OC(=O)[C@H](C)N.CC(C)OC(=O)[C@H](C)NP(=O)(Oc1ccccc1)SCC(CN(C)C(=O)OC(C)(C)C)CN(C)C(=O)OC(C)(C)C.CN(CC(CS)CN(C)C(=O)OC(C)(C)C)C(=O)OC(C)(C)C.CNCC(CNC)CS[P@](=O)(N[C@@H](C)C(=O)OC(C)C)Oc1ccccc1.Cl.O=P(Cl)(Cl)Cl.Oc1ccccc1. The molecule has 0 spiro atoms. The number of rotatable bonds is 33. The molecule has 0 bridgehead atoms. The number of amides is 4. The normalized spacial score (nSPS) is 13.3. The summed E-state index contributed by atoms with van der Waals surface area (Å²) in [6, 6.07) is 24.1. The van der Waals surface area contributed by atoms with Gasteiger partial charge in [-0.3, -0.25) is 18.9 Å². The number of esters is 3. The van der Waals surface area contributed by atoms with Crippen molar-refractivity contribution in [2.24, 2.45) is 23.5 Å². The first-order valence-electron chi connectivity index (χ1n) is 36.2. The van der Waals surface area contributed by atoms with E-state index in [1.54, 1.807) is 199 Å². The van der Waals surface area contributed by atoms with Crippen molar-refractivity contribution in [2.45, 2.75) is 204 Å². The van der Waals surface area contributed by atoms with Gasteiger partial charge in [0.05, 0.1) is 18.3 Å². The highest BCUT2D eigenvalue weighted by Crippen LogP contribution is 2.61. The van der Waals surface area contributed by atoms with E-state index in [1.165, 1.54) is 31.0 Å². The van der Waals surface area contributed by atoms with Crippen molar-refractivity contribution in [1.29, 1.82) is 0 Å². The van der Waals surface area contributed by atoms with Crippen molar-refractivity contribution >= 4 is 142 Å². The summed E-state index contributed by atoms with van der Waals surface area (Å²) in [5.41, 5.74) is 2.77. The third-order valence-electron chi connectivity index (χ3n) is 12.7. The number of hydrogen-bond donors (Lipinski definition) is 7. The van der Waals surface area contributed by atoms with Crippen LogP contribution in [0.3, 0.4) is 0 Å². The zero-order valence-electron chi connectivity index (χ0n) is 70.9. The van der Waals surface area contributed by atoms with Gasteiger partial charge in [0.2, 0.25) is 0 Å². The van der Waals surface area contributed by atoms with Gasteiger partial charge in [-0.05, 0) is 277 Å². The molecule has 0 radical (unpaired) electrons. The van der Waals surface area contributed by atoms with Crippen molar-refractivity contribution < 1.29 is 94.6 Å². The molecular formula is C74H132Cl4N9O20P3S3. The van der Waals surface area contributed by atoms with Crippen molar-refractivity contribution in [3.05, 3.63) is 91.0 Å². The summed E-state index contributed by atoms with van der Waals surface area (Å²) in [6.07, 6.45) is -2.47. The van der Waals surface area contributed by atoms with Crippen LogP contribution in [0, 0.1) is 17.8 Å². The van der Waals surface area contributed by atoms with E-state index in [-0.39, 0.29) is 85.5 Å². The topological polar surface area (TPSA) is 361 Å². The molecule has 0 saturated carbocycles. The molecule has 0 aromatic heterocycles. The molecule has 3 rings (SSSR count). The molecule has 0 aliphatic rings. The standard InChI is InChI=1S/C28H48N3O8PS.C18H32N3O4PS.C16H32N2O4S.C6H13NO2.C6H6O.Cl3OP.ClH/c1-20(2)36-24(32)21(3)29-40(35,39-23-15-13-12-14-16-23)41-19-22(17-30(10)25(33)37-27(4,5)6)18-31(11)26(34)38-28(7,8)9;1-14(2)24-18(22)15(3)21-26(23,25-17-9-7-6-8-10-17)27-13-16(11-19-4)12-20-5;1-15(2,3)21-13(19)17(7)9-12(11-23)10-18(8)14(20)22-16(4,5)6;1-4(2)9-6(8)5(3)7;7-6-4-2-1-3-5-6;1-5(2,3)4;/h12-16,20-22H,17-19H2,1-11H3,(H,29,35);6-10,14-16,19-20H,11-13H2,1-5H3,(H,21,23);12,23H,9-11H2,1-8H3;4-5H,7H2,1-3H3;1-5,7H;;1H/t21-,40?;15-,26-;;5-;;;/m00.0.../s1. The number of nitrogens with two attached hydrogens (primary N) is 1. The number of thiol groups is 1. The summed E-state index contributed by atoms with van der Waals surface area (Å²) in [4.78, 5) is 90.5. The van der Waals surface area contributed by atoms with Crippen LogP contribution >= 0.6 is 100 Å². The Labute approximate surface area is 707 Å². The van der Waals surface area contributed by atoms with Gasteiger partial charge >= 0.3 is 60.9 Å². The summed E-state index contributed by atoms with van der Waals surface area (Å²) in [5.74, 6) is 1.06. The Morgan fingerprint density at radius 2 is 0.708 bits per heavy atom. The van der Waals surface area contributed by atoms with Crippen LogP contribution < -0.4 is 35.6 Å². The number of hydrogen-bond acceptors (Lipinski definition) is 26. The number of nitrogens with one attached hydrogen (secondary N) is 4. The van der Waals surface area contributed by atoms with Gasteiger partial charge in [0, 0.05) is 77.7 Å². The number of para-hydroxylation sites is 3. The molecule has 39 heteroatoms. The summed E-state index contributed by atoms with van der Waals surface area (Å²) in [5, 5.41) is 17.4. The van der Waals surface area contributed by atoms with E-state index in [0.717, 1.165) is 24.5 Å². The number of halogens is 4. The number of phenolic OH excluding ortho intramolecular Hbond substituents is 1. The van der Waals surface area contributed by atoms with Crippen LogP contribution in [0.1, 0.15) is 145 Å². The van der Waals surface area contributed by atoms with Gasteiger partial charge in [-0.15, -0.1) is 12.4 Å². The van der Waals surface area contributed by atoms with Crippen LogP contribution in [0.5, 0.6) is 17.2 Å². The maximum atomic E-state index is 14.1. The van der Waals surface area contributed by atoms with E-state index in [9.17, 15) is 47.3 Å². The molecular weight excluding hydrogens is 1670 g/mol. The second-order valence-corrected chi connectivity index (χ2v) is 45.9. The van der Waals surface area contributed by atoms with E-state index in [2.05, 4.69) is 67.2 Å². The zero-order chi connectivity index (χ0) is 87.4. The number of nitrogens with zero attached hydrogens (tertiary/aromatic N) is 4. The predicted molar refractivity (Wildman–Crippen MR) is 465 cm³/mol. The summed E-state index contributed by atoms with van der Waals surface area (Å²) < 4.78 is 85.6. The van der Waals surface area contributed by atoms with Crippen LogP contribution in [0.25, 0.3) is 0 Å². The molecule has 1 unspecified atom stereocenters. The van der Waals surface area contributed by atoms with Crippen LogP contribution in [0.15, 0.2) is 91.0 Å². The maximum Gasteiger partial charge on any atom is 0.410 e. The molecule has 5 atom stereocenters. The minimum absolute atomic E-state index is 0. The highest BCUT2D eigenvalue weighted by Gasteiger charge is 2.36. The largest absolute Gasteiger partial charge is 0.508 e. The molecule has 0 heterocycles. The van der Waals surface area contributed by atoms with E-state index in [1.807, 2.05) is 79.9 Å². The van der Waals surface area contributed by atoms with Crippen LogP contribution in [-0.2, 0) is 61.2 Å². The van der Waals surface area contributed by atoms with Gasteiger partial charge in [-0.25, -0.2) is 38.5 Å². The maximum absolute atomic E-state index is 14.1. The highest BCUT2D eigenvalue weighted by molar-refractivity contribution is 8.56. The first kappa shape index (κ1) is 115. The van der Waals surface area contributed by atoms with E-state index in [4.69, 9.17) is 53.0 Å². The fraction of sp³-hybridized carbons (Fsp3) is 0.662. The zero-order valence-corrected chi connectivity index (χ0v) is 79.2. The fourth-order valence-corrected chi connectivity index (χ4v) is 16.6. The molecule has 3 aromatic carbocycles. The monoisotopic (exact) mass is 1800 g/mol. The lowest BCUT2D eigenvalue weighted by molar-refractivity contribution is -0.149. The molecule has 4 amide bonds. The number of aromatic hydroxyl groups is 1. The lowest BCUT2D eigenvalue weighted by atomic mass is 10.1. The lowest BCUT2D eigenvalue weighted by Crippen LogP contribution is -2.43. The summed E-state index contributed by atoms with van der Waals surface area (Å²) in [6.45, 7) is 32.7. The Morgan fingerprint density at radius 3 is 0.920 bits per heavy atom. The van der Waals surface area contributed by atoms with Gasteiger partial charge in [0.25, 0.3) is 0 Å². The third kappa shape index (κ3) is 64.9. The Morgan fingerprint density at radius 1 is 0.460 bits per heavy atom. The molecule has 7 N–H and O–H groups in total. The lowest BCUT2D eigenvalue weighted by Gasteiger charge is -2.31. The average Bonchev–Trinajstić information content (AvgIpc) is 0.846. The number of phenols is 1. The molecule has 654 valence electrons. The molecule has 0 saturated heterocycles. The number of benzene rings is 3. The first-order valence-corrected chi connectivity index (χ1v) is 47.7. The fourth-order valence-electron chi connectivity index (χ4n) is 8.15. The molecule has 0 fully saturated rings. The van der Waals surface area contributed by atoms with Gasteiger partial charge in [0.1, 0.15) is 57.8 Å². The van der Waals surface area contributed by atoms with Crippen molar-refractivity contribution in [1.82, 2.24) is 40.4 Å². The highest BCUT2D eigenvalue weighted by atomic mass is 36.0. The number of carbonyl (C=O) groups excluding carboxylic acids is 7. The Kier molecular flexibility index (Phi) is 58.2. The van der Waals surface area contributed by atoms with Gasteiger partial charge in [-0.2, -0.15) is 12.6 Å². The quantitative estimate of drug-likeness (QED) is 0.0129. The third-order valence-corrected chi connectivity index (χ3v) is 21.4. The van der Waals surface area contributed by atoms with E-state index >= 15 is 0 Å². The average molecular weight is 1800 g/mol. The second-order valence-electron chi connectivity index (χ2n) is 30.4. The first-order chi connectivity index (χ1) is 51.2. The van der Waals surface area contributed by atoms with Gasteiger partial charge in [0.15, 0.2) is 0 Å². The van der Waals surface area contributed by atoms with E-state index in [0.29, 0.717) is 41.8 Å². The van der Waals surface area contributed by atoms with Crippen LogP contribution in [0.4, 0.5) is 19.2 Å². The minimum atomic E-state index is -3.75. The van der Waals surface area contributed by atoms with Crippen LogP contribution in [-0.4, -0.2) is 225 Å². The van der Waals surface area contributed by atoms with E-state index < -0.39 is 83.3 Å². The smallest absolute Gasteiger partial charge is 0.410 e. The molecule has 0 aliphatic carbocycles.